The van der Waals surface area contributed by atoms with E-state index >= 15 is 0 Å². The number of rotatable bonds is 2. The molecule has 0 aliphatic carbocycles. The summed E-state index contributed by atoms with van der Waals surface area (Å²) in [7, 11) is 0. The van der Waals surface area contributed by atoms with Crippen molar-refractivity contribution >= 4 is 17.4 Å². The summed E-state index contributed by atoms with van der Waals surface area (Å²) in [6.07, 6.45) is 5.00. The second-order valence-electron chi connectivity index (χ2n) is 4.13. The molecule has 1 unspecified atom stereocenters. The molecule has 17 heavy (non-hydrogen) atoms. The van der Waals surface area contributed by atoms with Gasteiger partial charge in [-0.3, -0.25) is 4.79 Å². The van der Waals surface area contributed by atoms with Crippen LogP contribution in [-0.4, -0.2) is 33.1 Å². The van der Waals surface area contributed by atoms with Gasteiger partial charge in [0.1, 0.15) is 5.82 Å². The second kappa shape index (κ2) is 4.04. The van der Waals surface area contributed by atoms with Gasteiger partial charge in [-0.25, -0.2) is 9.50 Å². The molecule has 2 aromatic rings. The molecule has 1 atom stereocenters. The van der Waals surface area contributed by atoms with Crippen LogP contribution in [-0.2, 0) is 4.79 Å². The van der Waals surface area contributed by atoms with E-state index in [0.29, 0.717) is 13.0 Å². The number of anilines is 1. The largest absolute Gasteiger partial charge is 0.365 e. The van der Waals surface area contributed by atoms with Gasteiger partial charge in [0.2, 0.25) is 5.91 Å². The summed E-state index contributed by atoms with van der Waals surface area (Å²) >= 11 is 0. The zero-order valence-corrected chi connectivity index (χ0v) is 9.26. The van der Waals surface area contributed by atoms with Crippen molar-refractivity contribution in [2.45, 2.75) is 18.9 Å². The molecule has 1 fully saturated rings. The molecule has 1 amide bonds. The lowest BCUT2D eigenvalue weighted by Gasteiger charge is -2.23. The monoisotopic (exact) mass is 231 g/mol. The third-order valence-corrected chi connectivity index (χ3v) is 2.88. The fraction of sp³-hybridized carbons (Fsp3) is 0.364. The first-order chi connectivity index (χ1) is 8.31. The molecule has 6 nitrogen and oxygen atoms in total. The fourth-order valence-corrected chi connectivity index (χ4v) is 1.96. The molecule has 3 heterocycles. The van der Waals surface area contributed by atoms with Crippen LogP contribution < -0.4 is 10.6 Å². The number of nitrogens with zero attached hydrogens (tertiary/aromatic N) is 3. The standard InChI is InChI=1S/C11H13N5O/c17-11-2-1-8(7-12-11)14-9-4-6-16-10(15-9)3-5-13-16/h3-6,8H,1-2,7H2,(H,12,17)(H,14,15). The Morgan fingerprint density at radius 1 is 1.47 bits per heavy atom. The molecule has 0 aromatic carbocycles. The van der Waals surface area contributed by atoms with Crippen molar-refractivity contribution in [3.05, 3.63) is 24.5 Å². The summed E-state index contributed by atoms with van der Waals surface area (Å²) in [6.45, 7) is 0.658. The average molecular weight is 231 g/mol. The van der Waals surface area contributed by atoms with Gasteiger partial charge in [0.05, 0.1) is 6.20 Å². The van der Waals surface area contributed by atoms with Crippen LogP contribution in [0, 0.1) is 0 Å². The number of aromatic nitrogens is 3. The van der Waals surface area contributed by atoms with Crippen LogP contribution in [0.1, 0.15) is 12.8 Å². The van der Waals surface area contributed by atoms with Crippen molar-refractivity contribution in [3.63, 3.8) is 0 Å². The summed E-state index contributed by atoms with van der Waals surface area (Å²) in [5.74, 6) is 0.946. The maximum absolute atomic E-state index is 11.0. The van der Waals surface area contributed by atoms with Crippen LogP contribution in [0.25, 0.3) is 5.65 Å². The Morgan fingerprint density at radius 3 is 3.24 bits per heavy atom. The van der Waals surface area contributed by atoms with Crippen molar-refractivity contribution in [3.8, 4) is 0 Å². The molecule has 2 N–H and O–H groups in total. The molecule has 88 valence electrons. The Balaban J connectivity index is 1.73. The van der Waals surface area contributed by atoms with Gasteiger partial charge in [-0.1, -0.05) is 0 Å². The first-order valence-electron chi connectivity index (χ1n) is 5.65. The highest BCUT2D eigenvalue weighted by Crippen LogP contribution is 2.11. The first kappa shape index (κ1) is 10.1. The van der Waals surface area contributed by atoms with Gasteiger partial charge >= 0.3 is 0 Å². The smallest absolute Gasteiger partial charge is 0.220 e. The predicted octanol–water partition coefficient (Wildman–Crippen LogP) is 0.420. The van der Waals surface area contributed by atoms with Crippen LogP contribution in [0.2, 0.25) is 0 Å². The Hall–Kier alpha value is -2.11. The fourth-order valence-electron chi connectivity index (χ4n) is 1.96. The van der Waals surface area contributed by atoms with Gasteiger partial charge in [-0.2, -0.15) is 5.10 Å². The molecular formula is C11H13N5O. The molecule has 0 radical (unpaired) electrons. The molecule has 2 aromatic heterocycles. The lowest BCUT2D eigenvalue weighted by atomic mass is 10.1. The quantitative estimate of drug-likeness (QED) is 0.785. The van der Waals surface area contributed by atoms with Crippen molar-refractivity contribution in [1.82, 2.24) is 19.9 Å². The number of carbonyl (C=O) groups is 1. The number of fused-ring (bicyclic) bond motifs is 1. The second-order valence-corrected chi connectivity index (χ2v) is 4.13. The number of nitrogens with one attached hydrogen (secondary N) is 2. The molecule has 0 saturated carbocycles. The zero-order chi connectivity index (χ0) is 11.7. The molecule has 1 aliphatic rings. The maximum atomic E-state index is 11.0. The Kier molecular flexibility index (Phi) is 2.40. The van der Waals surface area contributed by atoms with E-state index in [1.807, 2.05) is 18.3 Å². The van der Waals surface area contributed by atoms with E-state index in [1.54, 1.807) is 10.7 Å². The molecule has 1 aliphatic heterocycles. The topological polar surface area (TPSA) is 71.3 Å². The van der Waals surface area contributed by atoms with Gasteiger partial charge in [-0.15, -0.1) is 0 Å². The van der Waals surface area contributed by atoms with E-state index in [4.69, 9.17) is 0 Å². The van der Waals surface area contributed by atoms with Crippen LogP contribution in [0.5, 0.6) is 0 Å². The molecule has 0 spiro atoms. The average Bonchev–Trinajstić information content (AvgIpc) is 2.79. The minimum absolute atomic E-state index is 0.127. The minimum atomic E-state index is 0.127. The van der Waals surface area contributed by atoms with E-state index < -0.39 is 0 Å². The molecule has 3 rings (SSSR count). The van der Waals surface area contributed by atoms with E-state index in [-0.39, 0.29) is 11.9 Å². The third-order valence-electron chi connectivity index (χ3n) is 2.88. The molecule has 0 bridgehead atoms. The van der Waals surface area contributed by atoms with Gasteiger partial charge < -0.3 is 10.6 Å². The highest BCUT2D eigenvalue weighted by atomic mass is 16.1. The minimum Gasteiger partial charge on any atom is -0.365 e. The van der Waals surface area contributed by atoms with Gasteiger partial charge in [0.25, 0.3) is 0 Å². The summed E-state index contributed by atoms with van der Waals surface area (Å²) in [5, 5.41) is 10.2. The third kappa shape index (κ3) is 2.06. The van der Waals surface area contributed by atoms with Gasteiger partial charge in [0, 0.05) is 31.3 Å². The summed E-state index contributed by atoms with van der Waals surface area (Å²) in [5.41, 5.74) is 0.815. The lowest BCUT2D eigenvalue weighted by Crippen LogP contribution is -2.42. The van der Waals surface area contributed by atoms with Gasteiger partial charge in [-0.05, 0) is 12.5 Å². The Labute approximate surface area is 98.0 Å². The Bertz CT molecular complexity index is 540. The molecular weight excluding hydrogens is 218 g/mol. The predicted molar refractivity (Wildman–Crippen MR) is 62.6 cm³/mol. The van der Waals surface area contributed by atoms with E-state index in [1.165, 1.54) is 0 Å². The van der Waals surface area contributed by atoms with Crippen molar-refractivity contribution in [2.24, 2.45) is 0 Å². The highest BCUT2D eigenvalue weighted by molar-refractivity contribution is 5.77. The first-order valence-corrected chi connectivity index (χ1v) is 5.65. The number of carbonyl (C=O) groups excluding carboxylic acids is 1. The summed E-state index contributed by atoms with van der Waals surface area (Å²) in [6, 6.07) is 4.00. The summed E-state index contributed by atoms with van der Waals surface area (Å²) in [4.78, 5) is 15.5. The van der Waals surface area contributed by atoms with Crippen LogP contribution in [0.3, 0.4) is 0 Å². The zero-order valence-electron chi connectivity index (χ0n) is 9.26. The van der Waals surface area contributed by atoms with Crippen molar-refractivity contribution in [2.75, 3.05) is 11.9 Å². The number of hydrogen-bond acceptors (Lipinski definition) is 4. The van der Waals surface area contributed by atoms with Crippen molar-refractivity contribution in [1.29, 1.82) is 0 Å². The summed E-state index contributed by atoms with van der Waals surface area (Å²) < 4.78 is 1.72. The number of piperidine rings is 1. The number of hydrogen-bond donors (Lipinski definition) is 2. The highest BCUT2D eigenvalue weighted by Gasteiger charge is 2.17. The Morgan fingerprint density at radius 2 is 2.41 bits per heavy atom. The van der Waals surface area contributed by atoms with E-state index in [9.17, 15) is 4.79 Å². The lowest BCUT2D eigenvalue weighted by molar-refractivity contribution is -0.122. The normalized spacial score (nSPS) is 20.2. The molecule has 1 saturated heterocycles. The molecule has 6 heteroatoms. The van der Waals surface area contributed by atoms with Crippen LogP contribution in [0.15, 0.2) is 24.5 Å². The van der Waals surface area contributed by atoms with Crippen LogP contribution >= 0.6 is 0 Å². The van der Waals surface area contributed by atoms with Crippen molar-refractivity contribution < 1.29 is 4.79 Å². The van der Waals surface area contributed by atoms with Gasteiger partial charge in [0.15, 0.2) is 5.65 Å². The van der Waals surface area contributed by atoms with E-state index in [0.717, 1.165) is 17.9 Å². The SMILES string of the molecule is O=C1CCC(Nc2ccn3nccc3n2)CN1. The number of amides is 1. The van der Waals surface area contributed by atoms with Crippen LogP contribution in [0.4, 0.5) is 5.82 Å². The van der Waals surface area contributed by atoms with E-state index in [2.05, 4.69) is 20.7 Å². The maximum Gasteiger partial charge on any atom is 0.220 e.